The molecule has 1 unspecified atom stereocenters. The summed E-state index contributed by atoms with van der Waals surface area (Å²) in [5.41, 5.74) is 3.47. The third kappa shape index (κ3) is 11.2. The summed E-state index contributed by atoms with van der Waals surface area (Å²) in [5.74, 6) is 0.845. The van der Waals surface area contributed by atoms with E-state index in [0.29, 0.717) is 71.7 Å². The second kappa shape index (κ2) is 22.1. The maximum absolute atomic E-state index is 13.2. The molecule has 3 aromatic carbocycles. The van der Waals surface area contributed by atoms with Crippen LogP contribution in [0.25, 0.3) is 0 Å². The zero-order valence-electron chi connectivity index (χ0n) is 38.5. The Morgan fingerprint density at radius 2 is 1.66 bits per heavy atom. The van der Waals surface area contributed by atoms with Crippen molar-refractivity contribution < 1.29 is 42.3 Å². The number of fused-ring (bicyclic) bond motifs is 1. The van der Waals surface area contributed by atoms with Gasteiger partial charge >= 0.3 is 7.60 Å². The molecule has 4 N–H and O–H groups in total. The van der Waals surface area contributed by atoms with Crippen LogP contribution >= 0.6 is 19.2 Å². The van der Waals surface area contributed by atoms with Gasteiger partial charge in [-0.1, -0.05) is 29.8 Å². The van der Waals surface area contributed by atoms with Crippen LogP contribution < -0.4 is 40.9 Å². The largest absolute Gasteiger partial charge is 0.494 e. The smallest absolute Gasteiger partial charge is 0.362 e. The number of piperazine rings is 1. The Morgan fingerprint density at radius 3 is 2.41 bits per heavy atom. The van der Waals surface area contributed by atoms with Gasteiger partial charge in [-0.25, -0.2) is 4.98 Å². The first-order chi connectivity index (χ1) is 33.0. The Balaban J connectivity index is 0.735. The van der Waals surface area contributed by atoms with Crippen molar-refractivity contribution in [3.8, 4) is 11.5 Å². The summed E-state index contributed by atoms with van der Waals surface area (Å²) in [6.07, 6.45) is 5.51. The van der Waals surface area contributed by atoms with E-state index in [2.05, 4.69) is 52.0 Å². The molecule has 3 saturated heterocycles. The number of carbonyl (C=O) groups excluding carboxylic acids is 4. The van der Waals surface area contributed by atoms with Crippen molar-refractivity contribution in [2.45, 2.75) is 57.2 Å². The lowest BCUT2D eigenvalue weighted by Crippen LogP contribution is -2.54. The molecule has 0 saturated carbocycles. The number of aromatic nitrogens is 2. The quantitative estimate of drug-likeness (QED) is 0.0550. The number of piperidine rings is 2. The number of halogens is 1. The van der Waals surface area contributed by atoms with E-state index < -0.39 is 19.5 Å². The number of methoxy groups -OCH3 is 1. The molecule has 4 aromatic rings. The van der Waals surface area contributed by atoms with Gasteiger partial charge in [-0.3, -0.25) is 38.9 Å². The summed E-state index contributed by atoms with van der Waals surface area (Å²) in [5, 5.41) is 12.4. The molecule has 0 spiro atoms. The lowest BCUT2D eigenvalue weighted by molar-refractivity contribution is -0.137. The molecule has 21 heteroatoms. The summed E-state index contributed by atoms with van der Waals surface area (Å²) in [6, 6.07) is 18.1. The zero-order valence-corrected chi connectivity index (χ0v) is 40.2. The van der Waals surface area contributed by atoms with Crippen molar-refractivity contribution >= 4 is 77.0 Å². The van der Waals surface area contributed by atoms with E-state index in [0.717, 1.165) is 76.2 Å². The minimum atomic E-state index is -3.57. The summed E-state index contributed by atoms with van der Waals surface area (Å²) >= 11 is 6.49. The van der Waals surface area contributed by atoms with Crippen LogP contribution in [0.4, 0.5) is 28.8 Å². The van der Waals surface area contributed by atoms with Crippen molar-refractivity contribution in [3.05, 3.63) is 83.0 Å². The highest BCUT2D eigenvalue weighted by molar-refractivity contribution is 7.62. The second-order valence-electron chi connectivity index (χ2n) is 17.0. The lowest BCUT2D eigenvalue weighted by atomic mass is 10.0. The Labute approximate surface area is 400 Å². The molecule has 3 fully saturated rings. The summed E-state index contributed by atoms with van der Waals surface area (Å²) in [6.45, 7) is 6.92. The molecule has 0 bridgehead atoms. The number of unbranched alkanes of at least 4 members (excludes halogenated alkanes) is 1. The lowest BCUT2D eigenvalue weighted by Gasteiger charge is -2.43. The Bertz CT molecular complexity index is 2530. The third-order valence-corrected chi connectivity index (χ3v) is 15.1. The first-order valence-electron chi connectivity index (χ1n) is 22.9. The van der Waals surface area contributed by atoms with Crippen molar-refractivity contribution in [2.75, 3.05) is 95.8 Å². The fourth-order valence-corrected chi connectivity index (χ4v) is 10.6. The van der Waals surface area contributed by atoms with Crippen molar-refractivity contribution in [2.24, 2.45) is 0 Å². The highest BCUT2D eigenvalue weighted by atomic mass is 35.5. The molecular weight excluding hydrogens is 915 g/mol. The van der Waals surface area contributed by atoms with Crippen LogP contribution in [-0.4, -0.2) is 141 Å². The zero-order chi connectivity index (χ0) is 47.8. The van der Waals surface area contributed by atoms with E-state index >= 15 is 0 Å². The average Bonchev–Trinajstić information content (AvgIpc) is 3.69. The number of carbonyl (C=O) groups is 4. The number of hydrogen-bond donors (Lipinski definition) is 4. The van der Waals surface area contributed by atoms with E-state index in [9.17, 15) is 23.7 Å². The van der Waals surface area contributed by atoms with Crippen LogP contribution in [0.1, 0.15) is 54.4 Å². The predicted molar refractivity (Wildman–Crippen MR) is 258 cm³/mol. The number of imide groups is 1. The van der Waals surface area contributed by atoms with Gasteiger partial charge in [0.1, 0.15) is 22.6 Å². The van der Waals surface area contributed by atoms with E-state index in [1.807, 2.05) is 18.2 Å². The molecule has 19 nitrogen and oxygen atoms in total. The molecule has 5 heterocycles. The van der Waals surface area contributed by atoms with Crippen LogP contribution in [0, 0.1) is 0 Å². The van der Waals surface area contributed by atoms with Crippen molar-refractivity contribution in [1.82, 2.24) is 35.3 Å². The van der Waals surface area contributed by atoms with Crippen LogP contribution in [0.5, 0.6) is 11.5 Å². The molecule has 4 amide bonds. The number of hydrogen-bond acceptors (Lipinski definition) is 16. The Hall–Kier alpha value is -5.82. The number of anilines is 5. The van der Waals surface area contributed by atoms with Gasteiger partial charge in [0.2, 0.25) is 23.7 Å². The van der Waals surface area contributed by atoms with Gasteiger partial charge in [0, 0.05) is 95.4 Å². The molecule has 4 aliphatic heterocycles. The Morgan fingerprint density at radius 1 is 0.882 bits per heavy atom. The first-order valence-corrected chi connectivity index (χ1v) is 24.8. The van der Waals surface area contributed by atoms with Gasteiger partial charge < -0.3 is 44.3 Å². The first kappa shape index (κ1) is 48.6. The van der Waals surface area contributed by atoms with Gasteiger partial charge in [-0.15, -0.1) is 0 Å². The Kier molecular flexibility index (Phi) is 15.8. The molecule has 4 aliphatic rings. The van der Waals surface area contributed by atoms with Crippen LogP contribution in [0.15, 0.2) is 66.9 Å². The third-order valence-electron chi connectivity index (χ3n) is 12.9. The number of nitrogens with one attached hydrogen (secondary N) is 4. The molecule has 0 radical (unpaired) electrons. The average molecular weight is 973 g/mol. The van der Waals surface area contributed by atoms with Crippen molar-refractivity contribution in [1.29, 1.82) is 0 Å². The monoisotopic (exact) mass is 972 g/mol. The van der Waals surface area contributed by atoms with Gasteiger partial charge in [0.15, 0.2) is 5.82 Å². The molecule has 68 heavy (non-hydrogen) atoms. The molecule has 8 rings (SSSR count). The van der Waals surface area contributed by atoms with Crippen molar-refractivity contribution in [3.63, 3.8) is 0 Å². The van der Waals surface area contributed by atoms with Gasteiger partial charge in [0.05, 0.1) is 49.7 Å². The fourth-order valence-electron chi connectivity index (χ4n) is 9.20. The van der Waals surface area contributed by atoms with Crippen LogP contribution in [0.2, 0.25) is 5.02 Å². The number of ether oxygens (including phenoxy) is 2. The topological polar surface area (TPSA) is 209 Å². The SMILES string of the molecule is COc1cc(N2CCC(N3CCN(CC(=O)NCCCCOc4cccc5c4CN(C4CCC(=O)NC4=O)C5=O)CC3)CC2)ccc1Nc1ncc(Cl)c(Nc2ccccc2P(=O)(OC)OC)n1. The molecule has 1 atom stereocenters. The normalized spacial score (nSPS) is 18.3. The summed E-state index contributed by atoms with van der Waals surface area (Å²) in [4.78, 5) is 67.7. The number of amides is 4. The minimum absolute atomic E-state index is 0.0147. The number of benzene rings is 3. The molecular formula is C47H58ClN10O9P. The van der Waals surface area contributed by atoms with E-state index in [-0.39, 0.29) is 41.7 Å². The highest BCUT2D eigenvalue weighted by Gasteiger charge is 2.40. The molecule has 0 aliphatic carbocycles. The summed E-state index contributed by atoms with van der Waals surface area (Å²) in [7, 11) is 0.711. The summed E-state index contributed by atoms with van der Waals surface area (Å²) < 4.78 is 35.5. The number of nitrogens with zero attached hydrogens (tertiary/aromatic N) is 6. The van der Waals surface area contributed by atoms with E-state index in [4.69, 9.17) is 30.1 Å². The van der Waals surface area contributed by atoms with Gasteiger partial charge in [0.25, 0.3) is 5.91 Å². The van der Waals surface area contributed by atoms with E-state index in [1.54, 1.807) is 43.5 Å². The van der Waals surface area contributed by atoms with Gasteiger partial charge in [-0.05, 0) is 68.5 Å². The van der Waals surface area contributed by atoms with Crippen LogP contribution in [0.3, 0.4) is 0 Å². The molecule has 1 aromatic heterocycles. The van der Waals surface area contributed by atoms with Gasteiger partial charge in [-0.2, -0.15) is 4.98 Å². The van der Waals surface area contributed by atoms with Crippen LogP contribution in [-0.2, 0) is 34.5 Å². The van der Waals surface area contributed by atoms with E-state index in [1.165, 1.54) is 25.3 Å². The maximum atomic E-state index is 13.2. The molecule has 362 valence electrons. The minimum Gasteiger partial charge on any atom is -0.494 e. The number of rotatable bonds is 19. The maximum Gasteiger partial charge on any atom is 0.362 e. The highest BCUT2D eigenvalue weighted by Crippen LogP contribution is 2.47. The predicted octanol–water partition coefficient (Wildman–Crippen LogP) is 5.06. The fraction of sp³-hybridized carbons (Fsp3) is 0.447. The second-order valence-corrected chi connectivity index (χ2v) is 19.6. The standard InChI is InChI=1S/C47H58ClN10O9P/c1-64-40-27-32(13-14-36(40)52-47-50-28-35(48)44(54-47)51-37-10-4-5-12-41(37)68(63,65-2)66-3)56-20-17-31(18-21-56)57-24-22-55(23-25-57)30-43(60)49-19-6-7-26-67-39-11-8-9-33-34(39)29-58(46(33)62)38-15-16-42(59)53-45(38)61/h4-5,8-14,27-28,31,38H,6-7,15-26,29-30H2,1-3H3,(H,49,60)(H,53,59,61)(H2,50,51,52,54). The number of para-hydroxylation sites is 1.